The Morgan fingerprint density at radius 3 is 2.63 bits per heavy atom. The zero-order valence-corrected chi connectivity index (χ0v) is 21.9. The Kier molecular flexibility index (Phi) is 7.69. The zero-order chi connectivity index (χ0) is 26.6. The van der Waals surface area contributed by atoms with Crippen molar-refractivity contribution in [2.75, 3.05) is 40.6 Å². The Balaban J connectivity index is 1.29. The minimum absolute atomic E-state index is 0.0210. The molecule has 0 saturated carbocycles. The van der Waals surface area contributed by atoms with Crippen LogP contribution in [-0.2, 0) is 0 Å². The highest BCUT2D eigenvalue weighted by Crippen LogP contribution is 2.37. The van der Waals surface area contributed by atoms with Gasteiger partial charge in [0, 0.05) is 31.1 Å². The van der Waals surface area contributed by atoms with Crippen molar-refractivity contribution in [3.63, 3.8) is 0 Å². The van der Waals surface area contributed by atoms with Crippen molar-refractivity contribution in [1.29, 1.82) is 0 Å². The summed E-state index contributed by atoms with van der Waals surface area (Å²) in [5.41, 5.74) is 2.11. The number of fused-ring (bicyclic) bond motifs is 1. The van der Waals surface area contributed by atoms with E-state index in [0.717, 1.165) is 11.1 Å². The molecular formula is C30H33FN2O5. The molecule has 7 nitrogen and oxygen atoms in total. The number of benzene rings is 3. The molecule has 0 aromatic heterocycles. The standard InChI is InChI=1S/C30H33FN2O5/c1-20(32(2)3)22-5-4-6-26(15-22)38-30(34)33-14-13-27(21-7-9-24(31)10-8-21)23(17-33)18-35-25-11-12-28-29(16-25)37-19-36-28/h4-12,15-16,20,23,27H,13-14,17-19H2,1-3H3/t20-,23-,27-/m0/s1. The first-order chi connectivity index (χ1) is 18.4. The summed E-state index contributed by atoms with van der Waals surface area (Å²) in [6.07, 6.45) is 0.332. The Bertz CT molecular complexity index is 1270. The van der Waals surface area contributed by atoms with E-state index >= 15 is 0 Å². The summed E-state index contributed by atoms with van der Waals surface area (Å²) in [7, 11) is 4.03. The van der Waals surface area contributed by atoms with Crippen LogP contribution >= 0.6 is 0 Å². The first-order valence-corrected chi connectivity index (χ1v) is 12.9. The van der Waals surface area contributed by atoms with Crippen molar-refractivity contribution in [2.45, 2.75) is 25.3 Å². The minimum Gasteiger partial charge on any atom is -0.493 e. The SMILES string of the molecule is C[C@@H](c1cccc(OC(=O)N2CC[C@@H](c3ccc(F)cc3)[C@H](COc3ccc4c(c3)OCO4)C2)c1)N(C)C. The summed E-state index contributed by atoms with van der Waals surface area (Å²) in [6.45, 7) is 3.67. The predicted molar refractivity (Wildman–Crippen MR) is 141 cm³/mol. The second-order valence-corrected chi connectivity index (χ2v) is 10.1. The van der Waals surface area contributed by atoms with Crippen molar-refractivity contribution in [3.8, 4) is 23.0 Å². The van der Waals surface area contributed by atoms with E-state index < -0.39 is 0 Å². The zero-order valence-electron chi connectivity index (χ0n) is 21.9. The van der Waals surface area contributed by atoms with Gasteiger partial charge in [-0.25, -0.2) is 9.18 Å². The quantitative estimate of drug-likeness (QED) is 0.389. The minimum atomic E-state index is -0.384. The first kappa shape index (κ1) is 25.9. The van der Waals surface area contributed by atoms with E-state index in [2.05, 4.69) is 11.8 Å². The molecule has 0 aliphatic carbocycles. The highest BCUT2D eigenvalue weighted by molar-refractivity contribution is 5.71. The van der Waals surface area contributed by atoms with E-state index in [9.17, 15) is 9.18 Å². The summed E-state index contributed by atoms with van der Waals surface area (Å²) in [5, 5.41) is 0. The van der Waals surface area contributed by atoms with Crippen molar-refractivity contribution in [2.24, 2.45) is 5.92 Å². The van der Waals surface area contributed by atoms with Gasteiger partial charge in [-0.1, -0.05) is 24.3 Å². The number of hydrogen-bond donors (Lipinski definition) is 0. The summed E-state index contributed by atoms with van der Waals surface area (Å²) in [6, 6.07) is 19.9. The molecule has 38 heavy (non-hydrogen) atoms. The molecule has 3 atom stereocenters. The highest BCUT2D eigenvalue weighted by atomic mass is 19.1. The number of nitrogens with zero attached hydrogens (tertiary/aromatic N) is 2. The van der Waals surface area contributed by atoms with Crippen LogP contribution in [0.25, 0.3) is 0 Å². The van der Waals surface area contributed by atoms with Gasteiger partial charge in [-0.2, -0.15) is 0 Å². The molecule has 0 radical (unpaired) electrons. The third-order valence-corrected chi connectivity index (χ3v) is 7.42. The Morgan fingerprint density at radius 2 is 1.84 bits per heavy atom. The normalized spacial score (nSPS) is 19.3. The van der Waals surface area contributed by atoms with E-state index in [4.69, 9.17) is 18.9 Å². The molecule has 1 amide bonds. The number of piperidine rings is 1. The second kappa shape index (κ2) is 11.3. The largest absolute Gasteiger partial charge is 0.493 e. The molecule has 0 bridgehead atoms. The molecule has 2 aliphatic heterocycles. The Hall–Kier alpha value is -3.78. The van der Waals surface area contributed by atoms with E-state index in [-0.39, 0.29) is 36.6 Å². The Labute approximate surface area is 222 Å². The smallest absolute Gasteiger partial charge is 0.415 e. The van der Waals surface area contributed by atoms with Crippen LogP contribution in [0.1, 0.15) is 36.4 Å². The van der Waals surface area contributed by atoms with Gasteiger partial charge in [0.05, 0.1) is 6.61 Å². The molecule has 0 unspecified atom stereocenters. The van der Waals surface area contributed by atoms with E-state index in [1.807, 2.05) is 62.6 Å². The molecule has 1 fully saturated rings. The maximum absolute atomic E-state index is 13.6. The lowest BCUT2D eigenvalue weighted by molar-refractivity contribution is 0.0981. The molecule has 1 saturated heterocycles. The number of carbonyl (C=O) groups excluding carboxylic acids is 1. The van der Waals surface area contributed by atoms with Gasteiger partial charge < -0.3 is 28.7 Å². The summed E-state index contributed by atoms with van der Waals surface area (Å²) in [4.78, 5) is 17.0. The van der Waals surface area contributed by atoms with Crippen molar-refractivity contribution < 1.29 is 28.1 Å². The van der Waals surface area contributed by atoms with Crippen LogP contribution in [0, 0.1) is 11.7 Å². The maximum atomic E-state index is 13.6. The van der Waals surface area contributed by atoms with E-state index in [0.29, 0.717) is 49.1 Å². The van der Waals surface area contributed by atoms with Crippen molar-refractivity contribution in [1.82, 2.24) is 9.80 Å². The third-order valence-electron chi connectivity index (χ3n) is 7.42. The third kappa shape index (κ3) is 5.86. The van der Waals surface area contributed by atoms with Crippen LogP contribution in [0.15, 0.2) is 66.7 Å². The number of halogens is 1. The van der Waals surface area contributed by atoms with Gasteiger partial charge >= 0.3 is 6.09 Å². The molecule has 2 aliphatic rings. The molecule has 3 aromatic carbocycles. The highest BCUT2D eigenvalue weighted by Gasteiger charge is 2.34. The molecule has 8 heteroatoms. The molecular weight excluding hydrogens is 487 g/mol. The first-order valence-electron chi connectivity index (χ1n) is 12.9. The van der Waals surface area contributed by atoms with Crippen LogP contribution < -0.4 is 18.9 Å². The van der Waals surface area contributed by atoms with Gasteiger partial charge in [-0.3, -0.25) is 0 Å². The summed E-state index contributed by atoms with van der Waals surface area (Å²) in [5.74, 6) is 2.35. The molecule has 0 spiro atoms. The summed E-state index contributed by atoms with van der Waals surface area (Å²) < 4.78 is 36.4. The van der Waals surface area contributed by atoms with Crippen molar-refractivity contribution >= 4 is 6.09 Å². The van der Waals surface area contributed by atoms with Crippen LogP contribution in [0.2, 0.25) is 0 Å². The van der Waals surface area contributed by atoms with Crippen LogP contribution in [-0.4, -0.2) is 56.5 Å². The fraction of sp³-hybridized carbons (Fsp3) is 0.367. The van der Waals surface area contributed by atoms with E-state index in [1.54, 1.807) is 11.0 Å². The van der Waals surface area contributed by atoms with Crippen molar-refractivity contribution in [3.05, 3.63) is 83.7 Å². The number of carbonyl (C=O) groups is 1. The molecule has 2 heterocycles. The molecule has 5 rings (SSSR count). The lowest BCUT2D eigenvalue weighted by Gasteiger charge is -2.38. The maximum Gasteiger partial charge on any atom is 0.415 e. The van der Waals surface area contributed by atoms with Crippen LogP contribution in [0.4, 0.5) is 9.18 Å². The summed E-state index contributed by atoms with van der Waals surface area (Å²) >= 11 is 0. The average Bonchev–Trinajstić information content (AvgIpc) is 3.40. The average molecular weight is 521 g/mol. The van der Waals surface area contributed by atoms with Crippen LogP contribution in [0.5, 0.6) is 23.0 Å². The van der Waals surface area contributed by atoms with Gasteiger partial charge in [0.15, 0.2) is 11.5 Å². The second-order valence-electron chi connectivity index (χ2n) is 10.1. The van der Waals surface area contributed by atoms with Gasteiger partial charge in [0.25, 0.3) is 0 Å². The Morgan fingerprint density at radius 1 is 1.05 bits per heavy atom. The van der Waals surface area contributed by atoms with Gasteiger partial charge in [-0.05, 0) is 80.9 Å². The lowest BCUT2D eigenvalue weighted by atomic mass is 9.81. The van der Waals surface area contributed by atoms with E-state index in [1.165, 1.54) is 12.1 Å². The predicted octanol–water partition coefficient (Wildman–Crippen LogP) is 5.86. The number of amides is 1. The fourth-order valence-corrected chi connectivity index (χ4v) is 4.99. The lowest BCUT2D eigenvalue weighted by Crippen LogP contribution is -2.46. The number of rotatable bonds is 7. The molecule has 0 N–H and O–H groups in total. The van der Waals surface area contributed by atoms with Crippen LogP contribution in [0.3, 0.4) is 0 Å². The number of likely N-dealkylation sites (tertiary alicyclic amines) is 1. The van der Waals surface area contributed by atoms with Gasteiger partial charge in [0.2, 0.25) is 6.79 Å². The number of hydrogen-bond acceptors (Lipinski definition) is 6. The monoisotopic (exact) mass is 520 g/mol. The van der Waals surface area contributed by atoms with Gasteiger partial charge in [0.1, 0.15) is 17.3 Å². The number of ether oxygens (including phenoxy) is 4. The van der Waals surface area contributed by atoms with Gasteiger partial charge in [-0.15, -0.1) is 0 Å². The topological polar surface area (TPSA) is 60.5 Å². The molecule has 200 valence electrons. The molecule has 3 aromatic rings. The fourth-order valence-electron chi connectivity index (χ4n) is 4.99.